The average Bonchev–Trinajstić information content (AvgIpc) is 3.37. The fraction of sp³-hybridized carbons (Fsp3) is 0.304. The maximum Gasteiger partial charge on any atom is 0.256 e. The van der Waals surface area contributed by atoms with Crippen molar-refractivity contribution in [1.29, 1.82) is 0 Å². The lowest BCUT2D eigenvalue weighted by atomic mass is 9.70. The van der Waals surface area contributed by atoms with Crippen LogP contribution in [0.4, 0.5) is 5.13 Å². The predicted molar refractivity (Wildman–Crippen MR) is 122 cm³/mol. The highest BCUT2D eigenvalue weighted by atomic mass is 32.1. The maximum absolute atomic E-state index is 13.4. The van der Waals surface area contributed by atoms with E-state index in [0.717, 1.165) is 30.0 Å². The number of nitrogens with zero attached hydrogens (tertiary/aromatic N) is 5. The molecule has 0 radical (unpaired) electrons. The van der Waals surface area contributed by atoms with Gasteiger partial charge in [0.2, 0.25) is 0 Å². The number of anilines is 1. The van der Waals surface area contributed by atoms with Crippen molar-refractivity contribution >= 4 is 33.5 Å². The first-order valence-electron chi connectivity index (χ1n) is 10.3. The van der Waals surface area contributed by atoms with E-state index >= 15 is 0 Å². The molecular weight excluding hydrogens is 408 g/mol. The van der Waals surface area contributed by atoms with Crippen molar-refractivity contribution in [2.75, 3.05) is 18.8 Å². The number of nitrogen functional groups attached to an aromatic ring is 1. The predicted octanol–water partition coefficient (Wildman–Crippen LogP) is 3.54. The smallest absolute Gasteiger partial charge is 0.256 e. The standard InChI is InChI=1S/C23H24N6OS/c1-15-26-19-17(8-11-25-20(19)28(15)2)21(30)29-12-9-23(10-13-29,16-6-4-3-5-7-16)18-14-31-22(24)27-18/h3-8,11,14H,9-10,12-13H2,1-2H3,(H2,24,27). The van der Waals surface area contributed by atoms with Crippen molar-refractivity contribution in [2.24, 2.45) is 7.05 Å². The monoisotopic (exact) mass is 432 g/mol. The summed E-state index contributed by atoms with van der Waals surface area (Å²) in [6.07, 6.45) is 3.27. The number of carbonyl (C=O) groups is 1. The second kappa shape index (κ2) is 7.46. The molecule has 5 rings (SSSR count). The van der Waals surface area contributed by atoms with Crippen molar-refractivity contribution in [3.8, 4) is 0 Å². The number of piperidine rings is 1. The number of nitrogens with two attached hydrogens (primary N) is 1. The summed E-state index contributed by atoms with van der Waals surface area (Å²) >= 11 is 1.47. The summed E-state index contributed by atoms with van der Waals surface area (Å²) in [6, 6.07) is 12.2. The lowest BCUT2D eigenvalue weighted by Gasteiger charge is -2.41. The molecule has 0 unspecified atom stereocenters. The minimum Gasteiger partial charge on any atom is -0.375 e. The Morgan fingerprint density at radius 2 is 1.87 bits per heavy atom. The van der Waals surface area contributed by atoms with E-state index in [1.54, 1.807) is 12.3 Å². The van der Waals surface area contributed by atoms with E-state index < -0.39 is 0 Å². The summed E-state index contributed by atoms with van der Waals surface area (Å²) < 4.78 is 1.91. The number of benzene rings is 1. The van der Waals surface area contributed by atoms with Gasteiger partial charge in [0.05, 0.1) is 11.3 Å². The molecule has 4 aromatic rings. The van der Waals surface area contributed by atoms with Crippen LogP contribution in [0.25, 0.3) is 11.2 Å². The Kier molecular flexibility index (Phi) is 4.74. The summed E-state index contributed by atoms with van der Waals surface area (Å²) in [4.78, 5) is 29.0. The first kappa shape index (κ1) is 19.7. The Balaban J connectivity index is 1.46. The topological polar surface area (TPSA) is 89.9 Å². The van der Waals surface area contributed by atoms with E-state index in [0.29, 0.717) is 29.3 Å². The van der Waals surface area contributed by atoms with E-state index in [2.05, 4.69) is 44.6 Å². The number of hydrogen-bond acceptors (Lipinski definition) is 6. The van der Waals surface area contributed by atoms with Gasteiger partial charge in [-0.1, -0.05) is 30.3 Å². The summed E-state index contributed by atoms with van der Waals surface area (Å²) in [6.45, 7) is 3.20. The molecule has 1 aliphatic heterocycles. The summed E-state index contributed by atoms with van der Waals surface area (Å²) in [7, 11) is 1.92. The Labute approximate surface area is 184 Å². The summed E-state index contributed by atoms with van der Waals surface area (Å²) in [5.74, 6) is 0.843. The zero-order chi connectivity index (χ0) is 21.6. The zero-order valence-electron chi connectivity index (χ0n) is 17.6. The average molecular weight is 433 g/mol. The lowest BCUT2D eigenvalue weighted by molar-refractivity contribution is 0.0686. The van der Waals surface area contributed by atoms with Crippen LogP contribution in [0, 0.1) is 6.92 Å². The van der Waals surface area contributed by atoms with Gasteiger partial charge in [-0.05, 0) is 31.4 Å². The van der Waals surface area contributed by atoms with Gasteiger partial charge in [0.25, 0.3) is 5.91 Å². The molecule has 0 saturated carbocycles. The molecule has 0 atom stereocenters. The number of imidazole rings is 1. The van der Waals surface area contributed by atoms with Gasteiger partial charge in [-0.25, -0.2) is 15.0 Å². The van der Waals surface area contributed by atoms with Crippen LogP contribution < -0.4 is 5.73 Å². The Morgan fingerprint density at radius 1 is 1.13 bits per heavy atom. The van der Waals surface area contributed by atoms with Gasteiger partial charge in [-0.15, -0.1) is 11.3 Å². The third-order valence-electron chi connectivity index (χ3n) is 6.45. The number of hydrogen-bond donors (Lipinski definition) is 1. The van der Waals surface area contributed by atoms with E-state index in [1.165, 1.54) is 16.9 Å². The molecule has 0 bridgehead atoms. The molecule has 3 aromatic heterocycles. The van der Waals surface area contributed by atoms with Crippen LogP contribution in [0.5, 0.6) is 0 Å². The molecule has 1 aliphatic rings. The van der Waals surface area contributed by atoms with Crippen molar-refractivity contribution in [1.82, 2.24) is 24.4 Å². The van der Waals surface area contributed by atoms with E-state index in [9.17, 15) is 4.79 Å². The number of aromatic nitrogens is 4. The molecule has 0 spiro atoms. The molecule has 4 heterocycles. The molecular formula is C23H24N6OS. The van der Waals surface area contributed by atoms with Crippen LogP contribution >= 0.6 is 11.3 Å². The number of aryl methyl sites for hydroxylation is 2. The highest BCUT2D eigenvalue weighted by Gasteiger charge is 2.41. The summed E-state index contributed by atoms with van der Waals surface area (Å²) in [5, 5.41) is 2.64. The van der Waals surface area contributed by atoms with Crippen molar-refractivity contribution in [3.63, 3.8) is 0 Å². The zero-order valence-corrected chi connectivity index (χ0v) is 18.4. The van der Waals surface area contributed by atoms with Gasteiger partial charge < -0.3 is 15.2 Å². The lowest BCUT2D eigenvalue weighted by Crippen LogP contribution is -2.46. The van der Waals surface area contributed by atoms with Crippen LogP contribution in [-0.4, -0.2) is 43.4 Å². The van der Waals surface area contributed by atoms with Crippen molar-refractivity contribution in [3.05, 3.63) is 70.6 Å². The first-order valence-corrected chi connectivity index (χ1v) is 11.2. The van der Waals surface area contributed by atoms with Gasteiger partial charge in [0.1, 0.15) is 11.3 Å². The third kappa shape index (κ3) is 3.18. The molecule has 1 fully saturated rings. The second-order valence-electron chi connectivity index (χ2n) is 8.06. The quantitative estimate of drug-likeness (QED) is 0.535. The van der Waals surface area contributed by atoms with Crippen LogP contribution in [0.1, 0.15) is 40.3 Å². The van der Waals surface area contributed by atoms with E-state index in [1.807, 2.05) is 29.5 Å². The Bertz CT molecular complexity index is 1250. The SMILES string of the molecule is Cc1nc2c(C(=O)N3CCC(c4ccccc4)(c4csc(N)n4)CC3)ccnc2n1C. The molecule has 8 heteroatoms. The maximum atomic E-state index is 13.4. The highest BCUT2D eigenvalue weighted by molar-refractivity contribution is 7.13. The number of carbonyl (C=O) groups excluding carboxylic acids is 1. The number of pyridine rings is 1. The number of thiazole rings is 1. The molecule has 2 N–H and O–H groups in total. The highest BCUT2D eigenvalue weighted by Crippen LogP contribution is 2.42. The Hall–Kier alpha value is -3.26. The Morgan fingerprint density at radius 3 is 2.55 bits per heavy atom. The minimum absolute atomic E-state index is 0.00459. The number of rotatable bonds is 3. The van der Waals surface area contributed by atoms with Crippen molar-refractivity contribution in [2.45, 2.75) is 25.2 Å². The molecule has 1 saturated heterocycles. The van der Waals surface area contributed by atoms with Crippen LogP contribution in [0.2, 0.25) is 0 Å². The van der Waals surface area contributed by atoms with Gasteiger partial charge in [-0.3, -0.25) is 4.79 Å². The molecule has 158 valence electrons. The summed E-state index contributed by atoms with van der Waals surface area (Å²) in [5.41, 5.74) is 9.96. The number of amides is 1. The second-order valence-corrected chi connectivity index (χ2v) is 8.95. The molecule has 31 heavy (non-hydrogen) atoms. The van der Waals surface area contributed by atoms with Gasteiger partial charge in [-0.2, -0.15) is 0 Å². The van der Waals surface area contributed by atoms with Gasteiger partial charge >= 0.3 is 0 Å². The third-order valence-corrected chi connectivity index (χ3v) is 7.13. The first-order chi connectivity index (χ1) is 15.0. The number of likely N-dealkylation sites (tertiary alicyclic amines) is 1. The molecule has 1 aromatic carbocycles. The van der Waals surface area contributed by atoms with Gasteiger partial charge in [0.15, 0.2) is 10.8 Å². The minimum atomic E-state index is -0.235. The molecule has 0 aliphatic carbocycles. The van der Waals surface area contributed by atoms with Crippen molar-refractivity contribution < 1.29 is 4.79 Å². The number of fused-ring (bicyclic) bond motifs is 1. The largest absolute Gasteiger partial charge is 0.375 e. The van der Waals surface area contributed by atoms with Gasteiger partial charge in [0, 0.05) is 37.1 Å². The molecule has 1 amide bonds. The van der Waals surface area contributed by atoms with Crippen LogP contribution in [0.3, 0.4) is 0 Å². The van der Waals surface area contributed by atoms with E-state index in [-0.39, 0.29) is 11.3 Å². The molecule has 7 nitrogen and oxygen atoms in total. The van der Waals surface area contributed by atoms with E-state index in [4.69, 9.17) is 5.73 Å². The fourth-order valence-electron chi connectivity index (χ4n) is 4.58. The normalized spacial score (nSPS) is 16.0. The fourth-order valence-corrected chi connectivity index (χ4v) is 5.24. The van der Waals surface area contributed by atoms with Crippen LogP contribution in [0.15, 0.2) is 48.0 Å². The van der Waals surface area contributed by atoms with Crippen LogP contribution in [-0.2, 0) is 12.5 Å².